The molecule has 3 nitrogen and oxygen atoms in total. The first-order valence-corrected chi connectivity index (χ1v) is 9.56. The molecule has 0 aliphatic carbocycles. The van der Waals surface area contributed by atoms with E-state index in [9.17, 15) is 0 Å². The summed E-state index contributed by atoms with van der Waals surface area (Å²) < 4.78 is 7.71. The van der Waals surface area contributed by atoms with Crippen LogP contribution in [-0.4, -0.2) is 18.7 Å². The van der Waals surface area contributed by atoms with Crippen molar-refractivity contribution in [3.8, 4) is 5.75 Å². The van der Waals surface area contributed by atoms with Gasteiger partial charge < -0.3 is 14.2 Å². The van der Waals surface area contributed by atoms with Crippen LogP contribution in [0.15, 0.2) is 79.0 Å². The van der Waals surface area contributed by atoms with E-state index in [1.165, 1.54) is 33.3 Å². The number of methoxy groups -OCH3 is 1. The number of aromatic nitrogens is 1. The van der Waals surface area contributed by atoms with Crippen molar-refractivity contribution in [1.29, 1.82) is 0 Å². The van der Waals surface area contributed by atoms with Crippen LogP contribution in [0.25, 0.3) is 10.9 Å². The lowest BCUT2D eigenvalue weighted by molar-refractivity contribution is 0.415. The summed E-state index contributed by atoms with van der Waals surface area (Å²) in [6.07, 6.45) is 2.24. The van der Waals surface area contributed by atoms with Gasteiger partial charge in [-0.05, 0) is 42.8 Å². The van der Waals surface area contributed by atoms with Gasteiger partial charge in [0.25, 0.3) is 0 Å². The smallest absolute Gasteiger partial charge is 0.119 e. The summed E-state index contributed by atoms with van der Waals surface area (Å²) in [6.45, 7) is 2.13. The third-order valence-electron chi connectivity index (χ3n) is 5.47. The van der Waals surface area contributed by atoms with Gasteiger partial charge in [0, 0.05) is 42.4 Å². The number of hydrogen-bond donors (Lipinski definition) is 0. The molecule has 0 spiro atoms. The summed E-state index contributed by atoms with van der Waals surface area (Å²) in [5, 5.41) is 1.22. The van der Waals surface area contributed by atoms with E-state index < -0.39 is 0 Å². The Kier molecular flexibility index (Phi) is 4.82. The lowest BCUT2D eigenvalue weighted by Gasteiger charge is -2.31. The Balaban J connectivity index is 1.93. The Morgan fingerprint density at radius 1 is 0.929 bits per heavy atom. The van der Waals surface area contributed by atoms with Gasteiger partial charge in [-0.25, -0.2) is 0 Å². The minimum Gasteiger partial charge on any atom is -0.497 e. The van der Waals surface area contributed by atoms with Crippen molar-refractivity contribution < 1.29 is 4.74 Å². The number of benzene rings is 3. The number of anilines is 1. The van der Waals surface area contributed by atoms with Crippen LogP contribution in [-0.2, 0) is 7.05 Å². The highest BCUT2D eigenvalue weighted by Gasteiger charge is 2.24. The fraction of sp³-hybridized carbons (Fsp3) is 0.200. The first-order chi connectivity index (χ1) is 13.6. The van der Waals surface area contributed by atoms with Crippen molar-refractivity contribution in [2.24, 2.45) is 7.05 Å². The Labute approximate surface area is 166 Å². The van der Waals surface area contributed by atoms with Crippen molar-refractivity contribution >= 4 is 16.6 Å². The third-order valence-corrected chi connectivity index (χ3v) is 5.47. The van der Waals surface area contributed by atoms with E-state index in [2.05, 4.69) is 103 Å². The van der Waals surface area contributed by atoms with E-state index in [1.54, 1.807) is 7.11 Å². The zero-order chi connectivity index (χ0) is 19.7. The largest absolute Gasteiger partial charge is 0.497 e. The molecule has 0 saturated heterocycles. The maximum atomic E-state index is 5.51. The Hall–Kier alpha value is -3.20. The molecule has 0 fully saturated rings. The van der Waals surface area contributed by atoms with Crippen LogP contribution in [0, 0.1) is 6.92 Å². The first-order valence-electron chi connectivity index (χ1n) is 9.56. The maximum Gasteiger partial charge on any atom is 0.119 e. The molecule has 4 rings (SSSR count). The number of ether oxygens (including phenoxy) is 1. The molecule has 142 valence electrons. The van der Waals surface area contributed by atoms with Crippen molar-refractivity contribution in [1.82, 2.24) is 4.57 Å². The fourth-order valence-electron chi connectivity index (χ4n) is 3.92. The number of hydrogen-bond acceptors (Lipinski definition) is 2. The predicted molar refractivity (Wildman–Crippen MR) is 117 cm³/mol. The Morgan fingerprint density at radius 2 is 1.64 bits per heavy atom. The molecule has 0 bridgehead atoms. The molecule has 0 saturated carbocycles. The zero-order valence-corrected chi connectivity index (χ0v) is 16.9. The molecule has 0 N–H and O–H groups in total. The second kappa shape index (κ2) is 7.43. The van der Waals surface area contributed by atoms with Gasteiger partial charge in [-0.15, -0.1) is 0 Å². The van der Waals surface area contributed by atoms with E-state index in [0.717, 1.165) is 5.75 Å². The van der Waals surface area contributed by atoms with Gasteiger partial charge in [-0.3, -0.25) is 0 Å². The lowest BCUT2D eigenvalue weighted by atomic mass is 9.95. The molecule has 1 aromatic heterocycles. The summed E-state index contributed by atoms with van der Waals surface area (Å²) in [7, 11) is 5.99. The number of rotatable bonds is 5. The van der Waals surface area contributed by atoms with Gasteiger partial charge in [0.15, 0.2) is 0 Å². The van der Waals surface area contributed by atoms with Crippen LogP contribution in [0.3, 0.4) is 0 Å². The van der Waals surface area contributed by atoms with Crippen LogP contribution in [0.1, 0.15) is 22.7 Å². The van der Waals surface area contributed by atoms with Gasteiger partial charge in [-0.2, -0.15) is 0 Å². The van der Waals surface area contributed by atoms with Gasteiger partial charge in [0.2, 0.25) is 0 Å². The lowest BCUT2D eigenvalue weighted by Crippen LogP contribution is -2.25. The summed E-state index contributed by atoms with van der Waals surface area (Å²) in [6, 6.07) is 25.8. The highest BCUT2D eigenvalue weighted by molar-refractivity contribution is 5.87. The Morgan fingerprint density at radius 3 is 2.32 bits per heavy atom. The molecule has 3 heteroatoms. The molecule has 0 aliphatic heterocycles. The van der Waals surface area contributed by atoms with E-state index >= 15 is 0 Å². The van der Waals surface area contributed by atoms with Crippen LogP contribution in [0.4, 0.5) is 5.69 Å². The summed E-state index contributed by atoms with van der Waals surface area (Å²) in [5.74, 6) is 0.880. The van der Waals surface area contributed by atoms with Gasteiger partial charge >= 0.3 is 0 Å². The van der Waals surface area contributed by atoms with Gasteiger partial charge in [0.1, 0.15) is 5.75 Å². The van der Waals surface area contributed by atoms with E-state index in [-0.39, 0.29) is 6.04 Å². The van der Waals surface area contributed by atoms with Crippen molar-refractivity contribution in [3.05, 3.63) is 95.7 Å². The summed E-state index contributed by atoms with van der Waals surface area (Å²) >= 11 is 0. The molecule has 0 amide bonds. The van der Waals surface area contributed by atoms with Crippen LogP contribution < -0.4 is 9.64 Å². The number of aryl methyl sites for hydroxylation is 2. The Bertz CT molecular complexity index is 1080. The van der Waals surface area contributed by atoms with Gasteiger partial charge in [0.05, 0.1) is 13.2 Å². The predicted octanol–water partition coefficient (Wildman–Crippen LogP) is 5.72. The molecule has 0 aliphatic rings. The molecule has 3 aromatic carbocycles. The molecular weight excluding hydrogens is 344 g/mol. The molecule has 1 unspecified atom stereocenters. The molecular formula is C25H26N2O. The highest BCUT2D eigenvalue weighted by atomic mass is 16.5. The topological polar surface area (TPSA) is 17.4 Å². The van der Waals surface area contributed by atoms with Crippen LogP contribution in [0.5, 0.6) is 5.75 Å². The molecule has 1 atom stereocenters. The normalized spacial score (nSPS) is 12.1. The SMILES string of the molecule is COc1ccc2c(c1)c(C(c1ccc(C)cc1)N(C)c1ccccc1)cn2C. The maximum absolute atomic E-state index is 5.51. The standard InChI is InChI=1S/C25H26N2O/c1-18-10-12-19(13-11-18)25(27(3)20-8-6-5-7-9-20)23-17-26(2)24-15-14-21(28-4)16-22(23)24/h5-17,25H,1-4H3. The quantitative estimate of drug-likeness (QED) is 0.447. The minimum absolute atomic E-state index is 0.0961. The second-order valence-electron chi connectivity index (χ2n) is 7.34. The van der Waals surface area contributed by atoms with E-state index in [4.69, 9.17) is 4.74 Å². The second-order valence-corrected chi connectivity index (χ2v) is 7.34. The number of para-hydroxylation sites is 1. The molecule has 0 radical (unpaired) electrons. The molecule has 4 aromatic rings. The molecule has 28 heavy (non-hydrogen) atoms. The monoisotopic (exact) mass is 370 g/mol. The first kappa shape index (κ1) is 18.2. The minimum atomic E-state index is 0.0961. The van der Waals surface area contributed by atoms with Gasteiger partial charge in [-0.1, -0.05) is 48.0 Å². The average Bonchev–Trinajstić information content (AvgIpc) is 3.05. The molecule has 1 heterocycles. The average molecular weight is 370 g/mol. The van der Waals surface area contributed by atoms with Crippen LogP contribution in [0.2, 0.25) is 0 Å². The number of fused-ring (bicyclic) bond motifs is 1. The summed E-state index contributed by atoms with van der Waals surface area (Å²) in [5.41, 5.74) is 6.20. The third kappa shape index (κ3) is 3.24. The fourth-order valence-corrected chi connectivity index (χ4v) is 3.92. The van der Waals surface area contributed by atoms with Crippen LogP contribution >= 0.6 is 0 Å². The number of nitrogens with zero attached hydrogens (tertiary/aromatic N) is 2. The van der Waals surface area contributed by atoms with E-state index in [0.29, 0.717) is 0 Å². The van der Waals surface area contributed by atoms with E-state index in [1.807, 2.05) is 6.07 Å². The summed E-state index contributed by atoms with van der Waals surface area (Å²) in [4.78, 5) is 2.35. The highest BCUT2D eigenvalue weighted by Crippen LogP contribution is 2.37. The van der Waals surface area contributed by atoms with Crippen molar-refractivity contribution in [2.75, 3.05) is 19.1 Å². The van der Waals surface area contributed by atoms with Crippen molar-refractivity contribution in [3.63, 3.8) is 0 Å². The van der Waals surface area contributed by atoms with Crippen molar-refractivity contribution in [2.45, 2.75) is 13.0 Å². The zero-order valence-electron chi connectivity index (χ0n) is 16.9.